The molecule has 4 rings (SSSR count). The van der Waals surface area contributed by atoms with Gasteiger partial charge in [-0.05, 0) is 24.7 Å². The third-order valence-corrected chi connectivity index (χ3v) is 5.67. The molecule has 1 aromatic rings. The predicted octanol–water partition coefficient (Wildman–Crippen LogP) is 3.02. The molecule has 2 fully saturated rings. The lowest BCUT2D eigenvalue weighted by atomic mass is 9.75. The van der Waals surface area contributed by atoms with Crippen LogP contribution < -0.4 is 9.47 Å². The van der Waals surface area contributed by atoms with Crippen molar-refractivity contribution >= 4 is 11.6 Å². The Bertz CT molecular complexity index is 705. The van der Waals surface area contributed by atoms with Gasteiger partial charge in [-0.2, -0.15) is 0 Å². The van der Waals surface area contributed by atoms with Crippen molar-refractivity contribution in [1.29, 1.82) is 0 Å². The number of amides is 1. The van der Waals surface area contributed by atoms with E-state index in [9.17, 15) is 14.9 Å². The molecule has 2 heterocycles. The first-order valence-electron chi connectivity index (χ1n) is 9.01. The number of nitro benzene ring substituents is 1. The molecule has 25 heavy (non-hydrogen) atoms. The van der Waals surface area contributed by atoms with Gasteiger partial charge in [0.05, 0.1) is 11.0 Å². The van der Waals surface area contributed by atoms with E-state index in [0.29, 0.717) is 49.6 Å². The smallest absolute Gasteiger partial charge is 0.286 e. The molecule has 7 nitrogen and oxygen atoms in total. The summed E-state index contributed by atoms with van der Waals surface area (Å²) in [4.78, 5) is 25.7. The van der Waals surface area contributed by atoms with E-state index in [4.69, 9.17) is 9.47 Å². The second-order valence-electron chi connectivity index (χ2n) is 7.11. The minimum Gasteiger partial charge on any atom is -0.486 e. The third-order valence-electron chi connectivity index (χ3n) is 5.67. The van der Waals surface area contributed by atoms with Crippen LogP contribution in [0.25, 0.3) is 0 Å². The molecule has 0 N–H and O–H groups in total. The summed E-state index contributed by atoms with van der Waals surface area (Å²) in [6.07, 6.45) is 5.89. The normalized spacial score (nSPS) is 25.2. The molecule has 0 unspecified atom stereocenters. The quantitative estimate of drug-likeness (QED) is 0.607. The van der Waals surface area contributed by atoms with Crippen LogP contribution >= 0.6 is 0 Å². The number of piperidine rings is 1. The first-order chi connectivity index (χ1) is 12.1. The van der Waals surface area contributed by atoms with Gasteiger partial charge >= 0.3 is 0 Å². The molecule has 1 aromatic carbocycles. The maximum Gasteiger partial charge on any atom is 0.286 e. The van der Waals surface area contributed by atoms with Crippen molar-refractivity contribution in [3.05, 3.63) is 27.8 Å². The first-order valence-corrected chi connectivity index (χ1v) is 9.01. The van der Waals surface area contributed by atoms with E-state index in [1.165, 1.54) is 31.4 Å². The van der Waals surface area contributed by atoms with E-state index in [-0.39, 0.29) is 17.2 Å². The van der Waals surface area contributed by atoms with E-state index in [0.717, 1.165) is 12.8 Å². The van der Waals surface area contributed by atoms with Gasteiger partial charge in [-0.1, -0.05) is 19.3 Å². The minimum atomic E-state index is -0.515. The molecule has 3 aliphatic rings. The highest BCUT2D eigenvalue weighted by molar-refractivity contribution is 5.99. The molecule has 1 amide bonds. The molecular formula is C18H22N2O5. The molecule has 2 atom stereocenters. The molecule has 1 aliphatic carbocycles. The van der Waals surface area contributed by atoms with Crippen LogP contribution in [0.4, 0.5) is 5.69 Å². The fraction of sp³-hybridized carbons (Fsp3) is 0.611. The zero-order valence-electron chi connectivity index (χ0n) is 14.1. The first kappa shape index (κ1) is 16.2. The van der Waals surface area contributed by atoms with Crippen LogP contribution in [0.5, 0.6) is 11.5 Å². The SMILES string of the molecule is O=C(c1cc2c(cc1[N+](=O)[O-])OCCO2)N1CC[C@@H]2CCCC[C@@H]2C1. The molecular weight excluding hydrogens is 324 g/mol. The molecule has 2 aliphatic heterocycles. The summed E-state index contributed by atoms with van der Waals surface area (Å²) in [7, 11) is 0. The van der Waals surface area contributed by atoms with Crippen molar-refractivity contribution in [2.24, 2.45) is 11.8 Å². The fourth-order valence-corrected chi connectivity index (χ4v) is 4.36. The van der Waals surface area contributed by atoms with Crippen molar-refractivity contribution < 1.29 is 19.2 Å². The highest BCUT2D eigenvalue weighted by Gasteiger charge is 2.36. The summed E-state index contributed by atoms with van der Waals surface area (Å²) in [5.41, 5.74) is -0.108. The second kappa shape index (κ2) is 6.54. The highest BCUT2D eigenvalue weighted by Crippen LogP contribution is 2.39. The summed E-state index contributed by atoms with van der Waals surface area (Å²) in [5.74, 6) is 1.71. The second-order valence-corrected chi connectivity index (χ2v) is 7.11. The van der Waals surface area contributed by atoms with Crippen molar-refractivity contribution in [2.45, 2.75) is 32.1 Å². The van der Waals surface area contributed by atoms with Crippen molar-refractivity contribution in [1.82, 2.24) is 4.90 Å². The average Bonchev–Trinajstić information content (AvgIpc) is 2.66. The van der Waals surface area contributed by atoms with E-state index in [1.54, 1.807) is 4.90 Å². The van der Waals surface area contributed by atoms with Crippen LogP contribution in [0.15, 0.2) is 12.1 Å². The van der Waals surface area contributed by atoms with Gasteiger partial charge in [0.2, 0.25) is 0 Å². The number of benzene rings is 1. The van der Waals surface area contributed by atoms with Crippen molar-refractivity contribution in [3.8, 4) is 11.5 Å². The maximum absolute atomic E-state index is 13.0. The number of ether oxygens (including phenoxy) is 2. The molecule has 0 aromatic heterocycles. The van der Waals surface area contributed by atoms with Gasteiger partial charge in [-0.25, -0.2) is 0 Å². The molecule has 1 saturated carbocycles. The monoisotopic (exact) mass is 346 g/mol. The average molecular weight is 346 g/mol. The fourth-order valence-electron chi connectivity index (χ4n) is 4.36. The largest absolute Gasteiger partial charge is 0.486 e. The molecule has 134 valence electrons. The van der Waals surface area contributed by atoms with Gasteiger partial charge in [0.1, 0.15) is 18.8 Å². The number of nitro groups is 1. The van der Waals surface area contributed by atoms with Gasteiger partial charge in [-0.15, -0.1) is 0 Å². The number of likely N-dealkylation sites (tertiary alicyclic amines) is 1. The number of rotatable bonds is 2. The Morgan fingerprint density at radius 1 is 1.08 bits per heavy atom. The molecule has 0 bridgehead atoms. The van der Waals surface area contributed by atoms with Crippen molar-refractivity contribution in [3.63, 3.8) is 0 Å². The van der Waals surface area contributed by atoms with E-state index in [2.05, 4.69) is 0 Å². The number of nitrogens with zero attached hydrogens (tertiary/aromatic N) is 2. The number of fused-ring (bicyclic) bond motifs is 2. The van der Waals surface area contributed by atoms with Gasteiger partial charge in [0.25, 0.3) is 11.6 Å². The Hall–Kier alpha value is -2.31. The summed E-state index contributed by atoms with van der Waals surface area (Å²) >= 11 is 0. The van der Waals surface area contributed by atoms with Crippen LogP contribution in [-0.2, 0) is 0 Å². The molecule has 0 radical (unpaired) electrons. The summed E-state index contributed by atoms with van der Waals surface area (Å²) in [6.45, 7) is 2.11. The van der Waals surface area contributed by atoms with Crippen LogP contribution in [-0.4, -0.2) is 42.0 Å². The number of hydrogen-bond donors (Lipinski definition) is 0. The molecule has 7 heteroatoms. The van der Waals surface area contributed by atoms with Gasteiger partial charge in [0, 0.05) is 19.2 Å². The topological polar surface area (TPSA) is 81.9 Å². The lowest BCUT2D eigenvalue weighted by Gasteiger charge is -2.41. The predicted molar refractivity (Wildman–Crippen MR) is 90.1 cm³/mol. The van der Waals surface area contributed by atoms with Crippen LogP contribution in [0.2, 0.25) is 0 Å². The Labute approximate surface area is 146 Å². The summed E-state index contributed by atoms with van der Waals surface area (Å²) in [6, 6.07) is 2.79. The Balaban J connectivity index is 1.61. The lowest BCUT2D eigenvalue weighted by Crippen LogP contribution is -2.44. The Morgan fingerprint density at radius 2 is 1.76 bits per heavy atom. The van der Waals surface area contributed by atoms with Gasteiger partial charge in [-0.3, -0.25) is 14.9 Å². The van der Waals surface area contributed by atoms with Crippen LogP contribution in [0.3, 0.4) is 0 Å². The Kier molecular flexibility index (Phi) is 4.23. The number of carbonyl (C=O) groups excluding carboxylic acids is 1. The number of hydrogen-bond acceptors (Lipinski definition) is 5. The maximum atomic E-state index is 13.0. The highest BCUT2D eigenvalue weighted by atomic mass is 16.6. The van der Waals surface area contributed by atoms with E-state index >= 15 is 0 Å². The van der Waals surface area contributed by atoms with Crippen LogP contribution in [0.1, 0.15) is 42.5 Å². The summed E-state index contributed by atoms with van der Waals surface area (Å²) < 4.78 is 10.9. The number of carbonyl (C=O) groups is 1. The van der Waals surface area contributed by atoms with E-state index in [1.807, 2.05) is 0 Å². The lowest BCUT2D eigenvalue weighted by molar-refractivity contribution is -0.385. The third kappa shape index (κ3) is 3.03. The molecule has 1 saturated heterocycles. The van der Waals surface area contributed by atoms with Crippen LogP contribution in [0, 0.1) is 22.0 Å². The minimum absolute atomic E-state index is 0.100. The zero-order chi connectivity index (χ0) is 17.4. The zero-order valence-corrected chi connectivity index (χ0v) is 14.1. The van der Waals surface area contributed by atoms with Crippen molar-refractivity contribution in [2.75, 3.05) is 26.3 Å². The summed E-state index contributed by atoms with van der Waals surface area (Å²) in [5, 5.41) is 11.5. The van der Waals surface area contributed by atoms with E-state index < -0.39 is 4.92 Å². The Morgan fingerprint density at radius 3 is 2.48 bits per heavy atom. The standard InChI is InChI=1S/C18H22N2O5/c21-18(19-6-5-12-3-1-2-4-13(12)11-19)14-9-16-17(25-8-7-24-16)10-15(14)20(22)23/h9-10,12-13H,1-8,11H2/t12-,13+/m0/s1. The molecule has 0 spiro atoms. The van der Waals surface area contributed by atoms with Gasteiger partial charge in [0.15, 0.2) is 11.5 Å². The van der Waals surface area contributed by atoms with Gasteiger partial charge < -0.3 is 14.4 Å².